The Bertz CT molecular complexity index is 1810. The zero-order valence-electron chi connectivity index (χ0n) is 20.8. The van der Waals surface area contributed by atoms with Gasteiger partial charge in [-0.05, 0) is 41.8 Å². The zero-order chi connectivity index (χ0) is 26.7. The highest BCUT2D eigenvalue weighted by atomic mass is 16.3. The lowest BCUT2D eigenvalue weighted by molar-refractivity contribution is -0.133. The molecule has 8 nitrogen and oxygen atoms in total. The van der Waals surface area contributed by atoms with Gasteiger partial charge in [0, 0.05) is 18.1 Å². The lowest BCUT2D eigenvalue weighted by Crippen LogP contribution is -2.40. The van der Waals surface area contributed by atoms with E-state index in [4.69, 9.17) is 0 Å². The lowest BCUT2D eigenvalue weighted by Gasteiger charge is -2.31. The van der Waals surface area contributed by atoms with Crippen LogP contribution in [0.2, 0.25) is 0 Å². The average molecular weight is 514 g/mol. The van der Waals surface area contributed by atoms with Gasteiger partial charge in [0.1, 0.15) is 11.8 Å². The van der Waals surface area contributed by atoms with Gasteiger partial charge in [0.05, 0.1) is 34.8 Å². The van der Waals surface area contributed by atoms with Crippen molar-refractivity contribution in [1.82, 2.24) is 19.0 Å². The Kier molecular flexibility index (Phi) is 5.13. The number of aromatic nitrogens is 3. The highest BCUT2D eigenvalue weighted by Gasteiger charge is 2.50. The largest absolute Gasteiger partial charge is 0.493 e. The smallest absolute Gasteiger partial charge is 0.336 e. The Balaban J connectivity index is 1.33. The van der Waals surface area contributed by atoms with Gasteiger partial charge in [-0.3, -0.25) is 14.3 Å². The van der Waals surface area contributed by atoms with Gasteiger partial charge in [0.15, 0.2) is 0 Å². The molecular formula is C31H23N5O3. The minimum absolute atomic E-state index is 0.0567. The van der Waals surface area contributed by atoms with Crippen LogP contribution in [0.25, 0.3) is 16.6 Å². The van der Waals surface area contributed by atoms with Crippen molar-refractivity contribution in [2.24, 2.45) is 0 Å². The first kappa shape index (κ1) is 23.0. The number of imidazole rings is 1. The van der Waals surface area contributed by atoms with Crippen molar-refractivity contribution in [3.63, 3.8) is 0 Å². The number of benzene rings is 3. The number of hydrogen-bond acceptors (Lipinski definition) is 5. The Hall–Kier alpha value is -5.16. The number of fused-ring (bicyclic) bond motifs is 6. The molecule has 1 N–H and O–H groups in total. The first-order valence-corrected chi connectivity index (χ1v) is 12.8. The van der Waals surface area contributed by atoms with Crippen molar-refractivity contribution in [2.75, 3.05) is 6.54 Å². The van der Waals surface area contributed by atoms with E-state index in [2.05, 4.69) is 11.1 Å². The van der Waals surface area contributed by atoms with Crippen molar-refractivity contribution >= 4 is 16.8 Å². The number of rotatable bonds is 4. The van der Waals surface area contributed by atoms with Gasteiger partial charge in [-0.1, -0.05) is 60.7 Å². The number of carbonyl (C=O) groups excluding carboxylic acids is 1. The predicted molar refractivity (Wildman–Crippen MR) is 145 cm³/mol. The van der Waals surface area contributed by atoms with Crippen molar-refractivity contribution < 1.29 is 9.90 Å². The second-order valence-corrected chi connectivity index (χ2v) is 9.99. The Labute approximate surface area is 223 Å². The maximum absolute atomic E-state index is 14.2. The average Bonchev–Trinajstić information content (AvgIpc) is 3.65. The molecule has 3 aromatic carbocycles. The topological polar surface area (TPSA) is 104 Å². The summed E-state index contributed by atoms with van der Waals surface area (Å²) in [4.78, 5) is 34.0. The summed E-state index contributed by atoms with van der Waals surface area (Å²) in [7, 11) is 0. The molecule has 2 aromatic heterocycles. The van der Waals surface area contributed by atoms with Gasteiger partial charge < -0.3 is 10.0 Å². The summed E-state index contributed by atoms with van der Waals surface area (Å²) in [6.07, 6.45) is 2.17. The molecule has 2 bridgehead atoms. The maximum Gasteiger partial charge on any atom is 0.336 e. The van der Waals surface area contributed by atoms with Crippen molar-refractivity contribution in [3.05, 3.63) is 124 Å². The van der Waals surface area contributed by atoms with Crippen LogP contribution in [0.3, 0.4) is 0 Å². The number of aromatic hydroxyl groups is 1. The third-order valence-electron chi connectivity index (χ3n) is 7.96. The molecule has 0 unspecified atom stereocenters. The second kappa shape index (κ2) is 8.71. The molecule has 0 spiro atoms. The Morgan fingerprint density at radius 2 is 1.67 bits per heavy atom. The zero-order valence-corrected chi connectivity index (χ0v) is 20.8. The minimum Gasteiger partial charge on any atom is -0.493 e. The molecule has 0 aliphatic carbocycles. The fourth-order valence-corrected chi connectivity index (χ4v) is 6.28. The number of nitrogens with zero attached hydrogens (tertiary/aromatic N) is 5. The molecule has 7 rings (SSSR count). The highest BCUT2D eigenvalue weighted by Crippen LogP contribution is 2.50. The molecule has 1 fully saturated rings. The third kappa shape index (κ3) is 3.33. The number of hydrogen-bond donors (Lipinski definition) is 1. The Morgan fingerprint density at radius 1 is 0.974 bits per heavy atom. The fraction of sp³-hybridized carbons (Fsp3) is 0.161. The van der Waals surface area contributed by atoms with E-state index in [9.17, 15) is 20.0 Å². The Morgan fingerprint density at radius 3 is 2.33 bits per heavy atom. The summed E-state index contributed by atoms with van der Waals surface area (Å²) in [6.45, 7) is 0.395. The van der Waals surface area contributed by atoms with Crippen LogP contribution >= 0.6 is 0 Å². The van der Waals surface area contributed by atoms with Crippen LogP contribution in [0.4, 0.5) is 0 Å². The molecule has 190 valence electrons. The summed E-state index contributed by atoms with van der Waals surface area (Å²) < 4.78 is 2.91. The van der Waals surface area contributed by atoms with Gasteiger partial charge in [0.2, 0.25) is 11.8 Å². The second-order valence-electron chi connectivity index (χ2n) is 9.99. The molecule has 5 aromatic rings. The number of nitriles is 1. The van der Waals surface area contributed by atoms with Crippen LogP contribution in [-0.4, -0.2) is 36.6 Å². The molecule has 4 heterocycles. The van der Waals surface area contributed by atoms with Gasteiger partial charge in [-0.15, -0.1) is 0 Å². The molecule has 1 saturated heterocycles. The number of amides is 1. The molecule has 2 atom stereocenters. The van der Waals surface area contributed by atoms with Crippen LogP contribution in [0.5, 0.6) is 5.88 Å². The summed E-state index contributed by atoms with van der Waals surface area (Å²) in [6, 6.07) is 27.6. The summed E-state index contributed by atoms with van der Waals surface area (Å²) in [5, 5.41) is 21.6. The van der Waals surface area contributed by atoms with E-state index in [-0.39, 0.29) is 23.5 Å². The molecular weight excluding hydrogens is 490 g/mol. The van der Waals surface area contributed by atoms with E-state index >= 15 is 0 Å². The monoisotopic (exact) mass is 513 g/mol. The number of likely N-dealkylation sites (tertiary alicyclic amines) is 1. The molecule has 2 aliphatic heterocycles. The predicted octanol–water partition coefficient (Wildman–Crippen LogP) is 4.42. The molecule has 39 heavy (non-hydrogen) atoms. The summed E-state index contributed by atoms with van der Waals surface area (Å²) >= 11 is 0. The normalized spacial score (nSPS) is 17.5. The summed E-state index contributed by atoms with van der Waals surface area (Å²) in [5.41, 5.74) is 3.18. The molecule has 1 amide bonds. The van der Waals surface area contributed by atoms with E-state index < -0.39 is 12.0 Å². The standard InChI is InChI=1S/C31H23N5O3/c32-17-21-13-14-24(23-12-7-15-33-27(21)23)36-30(38)28-25-16-22(35(28)31(36)39)18-34(25)29(37)26(19-8-3-1-4-9-19)20-10-5-2-6-11-20/h1-15,22,25-26,38H,16,18H2/t22-,25-/m0/s1. The first-order valence-electron chi connectivity index (χ1n) is 12.8. The van der Waals surface area contributed by atoms with E-state index in [0.717, 1.165) is 11.1 Å². The van der Waals surface area contributed by atoms with E-state index in [0.29, 0.717) is 40.8 Å². The summed E-state index contributed by atoms with van der Waals surface area (Å²) in [5.74, 6) is -0.737. The molecule has 8 heteroatoms. The first-order chi connectivity index (χ1) is 19.1. The van der Waals surface area contributed by atoms with Crippen molar-refractivity contribution in [1.29, 1.82) is 5.26 Å². The van der Waals surface area contributed by atoms with E-state index in [1.807, 2.05) is 65.6 Å². The van der Waals surface area contributed by atoms with E-state index in [1.165, 1.54) is 4.57 Å². The van der Waals surface area contributed by atoms with Crippen LogP contribution in [-0.2, 0) is 4.79 Å². The molecule has 0 radical (unpaired) electrons. The molecule has 2 aliphatic rings. The minimum atomic E-state index is -0.496. The highest BCUT2D eigenvalue weighted by molar-refractivity contribution is 5.92. The van der Waals surface area contributed by atoms with Gasteiger partial charge in [0.25, 0.3) is 0 Å². The van der Waals surface area contributed by atoms with E-state index in [1.54, 1.807) is 35.0 Å². The quantitative estimate of drug-likeness (QED) is 0.383. The van der Waals surface area contributed by atoms with Crippen LogP contribution in [0, 0.1) is 11.3 Å². The maximum atomic E-state index is 14.2. The van der Waals surface area contributed by atoms with Crippen LogP contribution < -0.4 is 5.69 Å². The van der Waals surface area contributed by atoms with Crippen molar-refractivity contribution in [2.45, 2.75) is 24.4 Å². The molecule has 0 saturated carbocycles. The van der Waals surface area contributed by atoms with Crippen molar-refractivity contribution in [3.8, 4) is 17.6 Å². The number of carbonyl (C=O) groups is 1. The third-order valence-corrected chi connectivity index (χ3v) is 7.96. The lowest BCUT2D eigenvalue weighted by atomic mass is 9.89. The van der Waals surface area contributed by atoms with Gasteiger partial charge in [-0.2, -0.15) is 5.26 Å². The van der Waals surface area contributed by atoms with Crippen LogP contribution in [0.15, 0.2) is 95.9 Å². The SMILES string of the molecule is N#Cc1ccc(-n2c(O)c3n(c2=O)[C@H]2C[C@@H]3N(C(=O)C(c3ccccc3)c3ccccc3)C2)c2cccnc12. The van der Waals surface area contributed by atoms with Crippen LogP contribution in [0.1, 0.15) is 46.8 Å². The van der Waals surface area contributed by atoms with Gasteiger partial charge in [-0.25, -0.2) is 9.36 Å². The van der Waals surface area contributed by atoms with Gasteiger partial charge >= 0.3 is 5.69 Å². The fourth-order valence-electron chi connectivity index (χ4n) is 6.28. The number of pyridine rings is 1.